The Hall–Kier alpha value is -3.49. The van der Waals surface area contributed by atoms with Crippen LogP contribution >= 0.6 is 0 Å². The van der Waals surface area contributed by atoms with Crippen LogP contribution in [-0.4, -0.2) is 33.6 Å². The third-order valence-electron chi connectivity index (χ3n) is 3.44. The molecular formula is C18H14F3N5O. The number of pyridine rings is 1. The van der Waals surface area contributed by atoms with Gasteiger partial charge < -0.3 is 10.6 Å². The first kappa shape index (κ1) is 18.3. The molecule has 2 N–H and O–H groups in total. The first-order valence-electron chi connectivity index (χ1n) is 7.86. The zero-order chi connectivity index (χ0) is 19.3. The summed E-state index contributed by atoms with van der Waals surface area (Å²) in [6.45, 7) is -1.37. The van der Waals surface area contributed by atoms with Crippen molar-refractivity contribution in [3.8, 4) is 11.4 Å². The van der Waals surface area contributed by atoms with Crippen LogP contribution < -0.4 is 10.6 Å². The van der Waals surface area contributed by atoms with E-state index in [4.69, 9.17) is 0 Å². The second-order valence-corrected chi connectivity index (χ2v) is 5.51. The average molecular weight is 373 g/mol. The van der Waals surface area contributed by atoms with Crippen molar-refractivity contribution in [2.45, 2.75) is 6.18 Å². The highest BCUT2D eigenvalue weighted by atomic mass is 19.4. The predicted molar refractivity (Wildman–Crippen MR) is 93.4 cm³/mol. The van der Waals surface area contributed by atoms with Crippen LogP contribution in [-0.2, 0) is 0 Å². The van der Waals surface area contributed by atoms with E-state index < -0.39 is 18.6 Å². The second-order valence-electron chi connectivity index (χ2n) is 5.51. The van der Waals surface area contributed by atoms with E-state index in [0.717, 1.165) is 5.56 Å². The number of carbonyl (C=O) groups is 1. The fourth-order valence-corrected chi connectivity index (χ4v) is 2.20. The number of nitrogens with one attached hydrogen (secondary N) is 2. The number of hydrogen-bond donors (Lipinski definition) is 2. The van der Waals surface area contributed by atoms with E-state index in [1.807, 2.05) is 11.4 Å². The van der Waals surface area contributed by atoms with Gasteiger partial charge in [0.15, 0.2) is 5.82 Å². The molecule has 2 aromatic heterocycles. The van der Waals surface area contributed by atoms with Crippen LogP contribution in [0.3, 0.4) is 0 Å². The molecule has 0 aliphatic heterocycles. The molecule has 0 bridgehead atoms. The maximum absolute atomic E-state index is 12.2. The highest BCUT2D eigenvalue weighted by molar-refractivity contribution is 5.94. The molecule has 3 rings (SSSR count). The van der Waals surface area contributed by atoms with Crippen LogP contribution in [0.15, 0.2) is 61.1 Å². The van der Waals surface area contributed by atoms with Crippen LogP contribution in [0.5, 0.6) is 0 Å². The largest absolute Gasteiger partial charge is 0.405 e. The molecule has 2 heterocycles. The molecule has 0 spiro atoms. The lowest BCUT2D eigenvalue weighted by Crippen LogP contribution is -2.33. The summed E-state index contributed by atoms with van der Waals surface area (Å²) in [5, 5.41) is 4.88. The van der Waals surface area contributed by atoms with Crippen molar-refractivity contribution >= 4 is 17.4 Å². The predicted octanol–water partition coefficient (Wildman–Crippen LogP) is 3.57. The van der Waals surface area contributed by atoms with Crippen molar-refractivity contribution < 1.29 is 18.0 Å². The SMILES string of the molecule is O=C(NCC(F)(F)F)c1ccc(Nc2ccnc(-c3cccnc3)n2)cc1. The van der Waals surface area contributed by atoms with Gasteiger partial charge in [0.05, 0.1) is 0 Å². The quantitative estimate of drug-likeness (QED) is 0.715. The van der Waals surface area contributed by atoms with Crippen molar-refractivity contribution in [1.82, 2.24) is 20.3 Å². The van der Waals surface area contributed by atoms with Gasteiger partial charge in [-0.1, -0.05) is 0 Å². The molecule has 0 atom stereocenters. The van der Waals surface area contributed by atoms with Crippen LogP contribution in [0.1, 0.15) is 10.4 Å². The van der Waals surface area contributed by atoms with Gasteiger partial charge >= 0.3 is 6.18 Å². The topological polar surface area (TPSA) is 79.8 Å². The summed E-state index contributed by atoms with van der Waals surface area (Å²) in [6.07, 6.45) is 0.443. The van der Waals surface area contributed by atoms with E-state index in [1.54, 1.807) is 42.9 Å². The standard InChI is InChI=1S/C18H14F3N5O/c19-18(20,21)11-24-17(27)12-3-5-14(6-4-12)25-15-7-9-23-16(26-15)13-2-1-8-22-10-13/h1-10H,11H2,(H,24,27)(H,23,25,26). The summed E-state index contributed by atoms with van der Waals surface area (Å²) < 4.78 is 36.5. The number of amides is 1. The van der Waals surface area contributed by atoms with E-state index in [9.17, 15) is 18.0 Å². The van der Waals surface area contributed by atoms with Gasteiger partial charge in [-0.15, -0.1) is 0 Å². The van der Waals surface area contributed by atoms with Crippen molar-refractivity contribution in [1.29, 1.82) is 0 Å². The Balaban J connectivity index is 1.67. The zero-order valence-corrected chi connectivity index (χ0v) is 13.9. The maximum Gasteiger partial charge on any atom is 0.405 e. The molecule has 1 aromatic carbocycles. The Morgan fingerprint density at radius 1 is 1.04 bits per heavy atom. The molecule has 9 heteroatoms. The van der Waals surface area contributed by atoms with Gasteiger partial charge in [-0.2, -0.15) is 13.2 Å². The van der Waals surface area contributed by atoms with Gasteiger partial charge in [0.1, 0.15) is 12.4 Å². The molecule has 27 heavy (non-hydrogen) atoms. The van der Waals surface area contributed by atoms with E-state index in [1.165, 1.54) is 12.1 Å². The highest BCUT2D eigenvalue weighted by Crippen LogP contribution is 2.19. The fraction of sp³-hybridized carbons (Fsp3) is 0.111. The van der Waals surface area contributed by atoms with Crippen molar-refractivity contribution in [3.63, 3.8) is 0 Å². The molecule has 0 aliphatic rings. The van der Waals surface area contributed by atoms with E-state index in [2.05, 4.69) is 20.3 Å². The number of aromatic nitrogens is 3. The number of anilines is 2. The molecule has 138 valence electrons. The number of alkyl halides is 3. The van der Waals surface area contributed by atoms with E-state index >= 15 is 0 Å². The molecule has 3 aromatic rings. The molecule has 0 saturated carbocycles. The third-order valence-corrected chi connectivity index (χ3v) is 3.44. The summed E-state index contributed by atoms with van der Waals surface area (Å²) in [7, 11) is 0. The Morgan fingerprint density at radius 3 is 2.48 bits per heavy atom. The number of rotatable bonds is 5. The lowest BCUT2D eigenvalue weighted by atomic mass is 10.2. The van der Waals surface area contributed by atoms with Gasteiger partial charge in [0.25, 0.3) is 5.91 Å². The lowest BCUT2D eigenvalue weighted by molar-refractivity contribution is -0.123. The number of carbonyl (C=O) groups excluding carboxylic acids is 1. The average Bonchev–Trinajstić information content (AvgIpc) is 2.67. The zero-order valence-electron chi connectivity index (χ0n) is 13.9. The minimum Gasteiger partial charge on any atom is -0.343 e. The Morgan fingerprint density at radius 2 is 1.81 bits per heavy atom. The monoisotopic (exact) mass is 373 g/mol. The van der Waals surface area contributed by atoms with Crippen LogP contribution in [0.25, 0.3) is 11.4 Å². The number of nitrogens with zero attached hydrogens (tertiary/aromatic N) is 3. The second kappa shape index (κ2) is 7.81. The van der Waals surface area contributed by atoms with Crippen LogP contribution in [0.4, 0.5) is 24.7 Å². The van der Waals surface area contributed by atoms with Crippen molar-refractivity contribution in [3.05, 3.63) is 66.6 Å². The minimum atomic E-state index is -4.45. The minimum absolute atomic E-state index is 0.128. The van der Waals surface area contributed by atoms with Gasteiger partial charge in [0.2, 0.25) is 0 Å². The van der Waals surface area contributed by atoms with Crippen LogP contribution in [0, 0.1) is 0 Å². The molecular weight excluding hydrogens is 359 g/mol. The normalized spacial score (nSPS) is 11.1. The van der Waals surface area contributed by atoms with Gasteiger partial charge in [0, 0.05) is 35.4 Å². The number of benzene rings is 1. The summed E-state index contributed by atoms with van der Waals surface area (Å²) in [6, 6.07) is 11.3. The Bertz CT molecular complexity index is 914. The smallest absolute Gasteiger partial charge is 0.343 e. The van der Waals surface area contributed by atoms with E-state index in [0.29, 0.717) is 17.3 Å². The third kappa shape index (κ3) is 5.24. The summed E-state index contributed by atoms with van der Waals surface area (Å²) >= 11 is 0. The van der Waals surface area contributed by atoms with Crippen molar-refractivity contribution in [2.75, 3.05) is 11.9 Å². The van der Waals surface area contributed by atoms with Gasteiger partial charge in [-0.25, -0.2) is 9.97 Å². The number of hydrogen-bond acceptors (Lipinski definition) is 5. The van der Waals surface area contributed by atoms with E-state index in [-0.39, 0.29) is 5.56 Å². The van der Waals surface area contributed by atoms with Crippen molar-refractivity contribution in [2.24, 2.45) is 0 Å². The molecule has 1 amide bonds. The summed E-state index contributed by atoms with van der Waals surface area (Å²) in [5.41, 5.74) is 1.51. The fourth-order valence-electron chi connectivity index (χ4n) is 2.20. The Labute approximate surface area is 152 Å². The molecule has 0 fully saturated rings. The Kier molecular flexibility index (Phi) is 5.30. The van der Waals surface area contributed by atoms with Gasteiger partial charge in [-0.05, 0) is 42.5 Å². The lowest BCUT2D eigenvalue weighted by Gasteiger charge is -2.10. The number of halogens is 3. The summed E-state index contributed by atoms with van der Waals surface area (Å²) in [5.74, 6) is 0.231. The van der Waals surface area contributed by atoms with Crippen LogP contribution in [0.2, 0.25) is 0 Å². The first-order chi connectivity index (χ1) is 12.9. The molecule has 0 saturated heterocycles. The molecule has 0 radical (unpaired) electrons. The maximum atomic E-state index is 12.2. The highest BCUT2D eigenvalue weighted by Gasteiger charge is 2.27. The first-order valence-corrected chi connectivity index (χ1v) is 7.86. The summed E-state index contributed by atoms with van der Waals surface area (Å²) in [4.78, 5) is 24.3. The molecule has 0 aliphatic carbocycles. The van der Waals surface area contributed by atoms with Gasteiger partial charge in [-0.3, -0.25) is 9.78 Å². The molecule has 6 nitrogen and oxygen atoms in total. The molecule has 0 unspecified atom stereocenters.